The van der Waals surface area contributed by atoms with Crippen molar-refractivity contribution in [2.24, 2.45) is 0 Å². The Kier molecular flexibility index (Phi) is 7.33. The van der Waals surface area contributed by atoms with Crippen LogP contribution in [0.2, 0.25) is 0 Å². The second-order valence-electron chi connectivity index (χ2n) is 8.09. The number of likely N-dealkylation sites (N-methyl/N-ethyl adjacent to an activating group) is 1. The number of aryl methyl sites for hydroxylation is 1. The van der Waals surface area contributed by atoms with Crippen LogP contribution in [0, 0.1) is 6.92 Å². The van der Waals surface area contributed by atoms with E-state index in [-0.39, 0.29) is 24.1 Å². The van der Waals surface area contributed by atoms with Gasteiger partial charge in [-0.05, 0) is 44.0 Å². The van der Waals surface area contributed by atoms with Crippen LogP contribution < -0.4 is 10.2 Å². The summed E-state index contributed by atoms with van der Waals surface area (Å²) in [7, 11) is 1.63. The van der Waals surface area contributed by atoms with Crippen molar-refractivity contribution in [2.75, 3.05) is 42.7 Å². The quantitative estimate of drug-likeness (QED) is 0.482. The van der Waals surface area contributed by atoms with E-state index in [9.17, 15) is 9.59 Å². The largest absolute Gasteiger partial charge is 0.467 e. The molecule has 174 valence electrons. The van der Waals surface area contributed by atoms with Crippen molar-refractivity contribution in [1.82, 2.24) is 19.7 Å². The molecule has 0 aliphatic carbocycles. The Morgan fingerprint density at radius 3 is 2.61 bits per heavy atom. The number of hydrogen-bond donors (Lipinski definition) is 1. The summed E-state index contributed by atoms with van der Waals surface area (Å²) < 4.78 is 7.51. The van der Waals surface area contributed by atoms with Crippen LogP contribution in [0.1, 0.15) is 24.2 Å². The molecule has 2 aromatic heterocycles. The van der Waals surface area contributed by atoms with Gasteiger partial charge in [0.2, 0.25) is 17.8 Å². The summed E-state index contributed by atoms with van der Waals surface area (Å²) in [4.78, 5) is 28.6. The SMILES string of the molecule is Cc1ccc(NC(=O)CN(C)C(=O)CSc2nnc(N3CCCC3)n2Cc2ccco2)cc1. The van der Waals surface area contributed by atoms with Gasteiger partial charge in [-0.2, -0.15) is 0 Å². The molecule has 3 heterocycles. The Balaban J connectivity index is 1.35. The zero-order valence-corrected chi connectivity index (χ0v) is 19.7. The van der Waals surface area contributed by atoms with Crippen LogP contribution in [0.3, 0.4) is 0 Å². The van der Waals surface area contributed by atoms with Crippen molar-refractivity contribution in [3.05, 3.63) is 54.0 Å². The van der Waals surface area contributed by atoms with Crippen molar-refractivity contribution < 1.29 is 14.0 Å². The van der Waals surface area contributed by atoms with E-state index < -0.39 is 0 Å². The molecule has 1 fully saturated rings. The molecule has 0 bridgehead atoms. The number of carbonyl (C=O) groups is 2. The molecule has 1 aliphatic heterocycles. The van der Waals surface area contributed by atoms with Gasteiger partial charge in [0.1, 0.15) is 5.76 Å². The first-order valence-corrected chi connectivity index (χ1v) is 11.9. The Bertz CT molecular complexity index is 1070. The Morgan fingerprint density at radius 1 is 1.15 bits per heavy atom. The number of amides is 2. The fourth-order valence-corrected chi connectivity index (χ4v) is 4.49. The number of thioether (sulfide) groups is 1. The Hall–Kier alpha value is -3.27. The fraction of sp³-hybridized carbons (Fsp3) is 0.391. The standard InChI is InChI=1S/C23H28N6O3S/c1-17-7-9-18(10-8-17)24-20(30)15-27(2)21(31)16-33-23-26-25-22(28-11-3-4-12-28)29(23)14-19-6-5-13-32-19/h5-10,13H,3-4,11-12,14-16H2,1-2H3,(H,24,30). The van der Waals surface area contributed by atoms with Crippen LogP contribution in [0.5, 0.6) is 0 Å². The number of anilines is 2. The van der Waals surface area contributed by atoms with Crippen molar-refractivity contribution in [3.8, 4) is 0 Å². The minimum atomic E-state index is -0.239. The van der Waals surface area contributed by atoms with E-state index in [4.69, 9.17) is 4.42 Å². The summed E-state index contributed by atoms with van der Waals surface area (Å²) in [5, 5.41) is 12.2. The normalized spacial score (nSPS) is 13.3. The van der Waals surface area contributed by atoms with Crippen LogP contribution in [-0.2, 0) is 16.1 Å². The fourth-order valence-electron chi connectivity index (χ4n) is 3.61. The van der Waals surface area contributed by atoms with Crippen LogP contribution in [0.25, 0.3) is 0 Å². The van der Waals surface area contributed by atoms with Gasteiger partial charge in [-0.3, -0.25) is 14.2 Å². The second-order valence-corrected chi connectivity index (χ2v) is 9.04. The lowest BCUT2D eigenvalue weighted by molar-refractivity contribution is -0.131. The predicted molar refractivity (Wildman–Crippen MR) is 127 cm³/mol. The smallest absolute Gasteiger partial charge is 0.243 e. The molecule has 10 heteroatoms. The molecule has 4 rings (SSSR count). The lowest BCUT2D eigenvalue weighted by Gasteiger charge is -2.18. The number of nitrogens with zero attached hydrogens (tertiary/aromatic N) is 5. The maximum atomic E-state index is 12.7. The van der Waals surface area contributed by atoms with Crippen molar-refractivity contribution >= 4 is 35.2 Å². The third-order valence-corrected chi connectivity index (χ3v) is 6.40. The first-order chi connectivity index (χ1) is 16.0. The summed E-state index contributed by atoms with van der Waals surface area (Å²) in [6.07, 6.45) is 3.90. The molecule has 0 saturated carbocycles. The van der Waals surface area contributed by atoms with Crippen LogP contribution in [0.4, 0.5) is 11.6 Å². The van der Waals surface area contributed by atoms with Gasteiger partial charge in [-0.25, -0.2) is 0 Å². The van der Waals surface area contributed by atoms with Gasteiger partial charge in [-0.15, -0.1) is 10.2 Å². The number of furan rings is 1. The number of benzene rings is 1. The summed E-state index contributed by atoms with van der Waals surface area (Å²) >= 11 is 1.32. The third kappa shape index (κ3) is 5.95. The van der Waals surface area contributed by atoms with Crippen molar-refractivity contribution in [3.63, 3.8) is 0 Å². The van der Waals surface area contributed by atoms with Crippen molar-refractivity contribution in [1.29, 1.82) is 0 Å². The molecule has 1 aromatic carbocycles. The summed E-state index contributed by atoms with van der Waals surface area (Å²) in [6, 6.07) is 11.3. The maximum absolute atomic E-state index is 12.7. The third-order valence-electron chi connectivity index (χ3n) is 5.45. The van der Waals surface area contributed by atoms with E-state index in [1.807, 2.05) is 47.9 Å². The van der Waals surface area contributed by atoms with Gasteiger partial charge in [0.15, 0.2) is 5.16 Å². The topological polar surface area (TPSA) is 96.5 Å². The average Bonchev–Trinajstić information content (AvgIpc) is 3.56. The Morgan fingerprint density at radius 2 is 1.91 bits per heavy atom. The van der Waals surface area contributed by atoms with Gasteiger partial charge < -0.3 is 19.5 Å². The van der Waals surface area contributed by atoms with Gasteiger partial charge >= 0.3 is 0 Å². The van der Waals surface area contributed by atoms with E-state index in [1.54, 1.807) is 13.3 Å². The van der Waals surface area contributed by atoms with Gasteiger partial charge in [-0.1, -0.05) is 29.5 Å². The molecule has 0 spiro atoms. The molecule has 0 atom stereocenters. The van der Waals surface area contributed by atoms with E-state index in [2.05, 4.69) is 20.4 Å². The molecule has 33 heavy (non-hydrogen) atoms. The first-order valence-electron chi connectivity index (χ1n) is 10.9. The molecule has 1 saturated heterocycles. The minimum absolute atomic E-state index is 0.0224. The maximum Gasteiger partial charge on any atom is 0.243 e. The number of aromatic nitrogens is 3. The zero-order valence-electron chi connectivity index (χ0n) is 18.9. The zero-order chi connectivity index (χ0) is 23.2. The van der Waals surface area contributed by atoms with Gasteiger partial charge in [0.05, 0.1) is 25.1 Å². The molecule has 0 radical (unpaired) electrons. The van der Waals surface area contributed by atoms with Crippen LogP contribution >= 0.6 is 11.8 Å². The highest BCUT2D eigenvalue weighted by Crippen LogP contribution is 2.26. The van der Waals surface area contributed by atoms with E-state index in [1.165, 1.54) is 16.7 Å². The van der Waals surface area contributed by atoms with Crippen molar-refractivity contribution in [2.45, 2.75) is 31.5 Å². The molecule has 2 amide bonds. The molecule has 0 unspecified atom stereocenters. The van der Waals surface area contributed by atoms with E-state index in [0.717, 1.165) is 43.2 Å². The molecule has 1 N–H and O–H groups in total. The van der Waals surface area contributed by atoms with Gasteiger partial charge in [0.25, 0.3) is 0 Å². The first kappa shape index (κ1) is 22.9. The van der Waals surface area contributed by atoms with Gasteiger partial charge in [0, 0.05) is 25.8 Å². The summed E-state index contributed by atoms with van der Waals surface area (Å²) in [6.45, 7) is 4.35. The molecular formula is C23H28N6O3S. The molecule has 9 nitrogen and oxygen atoms in total. The van der Waals surface area contributed by atoms with Crippen LogP contribution in [0.15, 0.2) is 52.2 Å². The van der Waals surface area contributed by atoms with Crippen LogP contribution in [-0.4, -0.2) is 63.9 Å². The highest BCUT2D eigenvalue weighted by molar-refractivity contribution is 7.99. The van der Waals surface area contributed by atoms with E-state index >= 15 is 0 Å². The lowest BCUT2D eigenvalue weighted by atomic mass is 10.2. The average molecular weight is 469 g/mol. The Labute approximate surface area is 197 Å². The molecular weight excluding hydrogens is 440 g/mol. The second kappa shape index (κ2) is 10.6. The highest BCUT2D eigenvalue weighted by atomic mass is 32.2. The summed E-state index contributed by atoms with van der Waals surface area (Å²) in [5.41, 5.74) is 1.83. The summed E-state index contributed by atoms with van der Waals surface area (Å²) in [5.74, 6) is 1.36. The number of carbonyl (C=O) groups excluding carboxylic acids is 2. The predicted octanol–water partition coefficient (Wildman–Crippen LogP) is 3.02. The lowest BCUT2D eigenvalue weighted by Crippen LogP contribution is -2.36. The molecule has 1 aliphatic rings. The minimum Gasteiger partial charge on any atom is -0.467 e. The number of rotatable bonds is 9. The highest BCUT2D eigenvalue weighted by Gasteiger charge is 2.23. The number of hydrogen-bond acceptors (Lipinski definition) is 7. The number of nitrogens with one attached hydrogen (secondary N) is 1. The van der Waals surface area contributed by atoms with E-state index in [0.29, 0.717) is 17.4 Å². The monoisotopic (exact) mass is 468 g/mol. The molecule has 3 aromatic rings.